The summed E-state index contributed by atoms with van der Waals surface area (Å²) in [6.07, 6.45) is 3.13. The van der Waals surface area contributed by atoms with Crippen LogP contribution in [0.4, 0.5) is 0 Å². The highest BCUT2D eigenvalue weighted by Gasteiger charge is 2.29. The van der Waals surface area contributed by atoms with Gasteiger partial charge < -0.3 is 10.6 Å². The van der Waals surface area contributed by atoms with Gasteiger partial charge in [-0.3, -0.25) is 4.79 Å². The lowest BCUT2D eigenvalue weighted by atomic mass is 10.0. The van der Waals surface area contributed by atoms with Crippen LogP contribution >= 0.6 is 12.4 Å². The average molecular weight is 283 g/mol. The summed E-state index contributed by atoms with van der Waals surface area (Å²) in [6, 6.07) is 8.50. The molecule has 1 heterocycles. The zero-order valence-corrected chi connectivity index (χ0v) is 12.5. The van der Waals surface area contributed by atoms with Crippen LogP contribution in [0.2, 0.25) is 0 Å². The molecule has 1 aromatic carbocycles. The van der Waals surface area contributed by atoms with Gasteiger partial charge in [0.05, 0.1) is 6.04 Å². The van der Waals surface area contributed by atoms with E-state index in [1.165, 1.54) is 11.1 Å². The van der Waals surface area contributed by atoms with E-state index in [-0.39, 0.29) is 24.4 Å². The largest absolute Gasteiger partial charge is 0.338 e. The standard InChI is InChI=1S/C15H22N2O.ClH/c1-11-5-7-13(8-6-11)10-14-4-3-9-17(14)15(18)12(2)16;/h5-8,12,14H,3-4,9-10,16H2,1-2H3;1H/t12-,14?;/m1./s1. The molecular weight excluding hydrogens is 260 g/mol. The number of hydrogen-bond donors (Lipinski definition) is 1. The molecule has 3 nitrogen and oxygen atoms in total. The smallest absolute Gasteiger partial charge is 0.239 e. The van der Waals surface area contributed by atoms with Crippen LogP contribution in [-0.2, 0) is 11.2 Å². The zero-order chi connectivity index (χ0) is 13.1. The Morgan fingerprint density at radius 2 is 2.05 bits per heavy atom. The van der Waals surface area contributed by atoms with E-state index in [1.807, 2.05) is 4.90 Å². The molecule has 2 rings (SSSR count). The predicted molar refractivity (Wildman–Crippen MR) is 80.5 cm³/mol. The van der Waals surface area contributed by atoms with Crippen molar-refractivity contribution in [3.63, 3.8) is 0 Å². The van der Waals surface area contributed by atoms with Gasteiger partial charge in [-0.05, 0) is 38.7 Å². The Morgan fingerprint density at radius 3 is 2.63 bits per heavy atom. The van der Waals surface area contributed by atoms with Crippen molar-refractivity contribution >= 4 is 18.3 Å². The maximum Gasteiger partial charge on any atom is 0.239 e. The lowest BCUT2D eigenvalue weighted by Gasteiger charge is -2.26. The van der Waals surface area contributed by atoms with Gasteiger partial charge in [0.15, 0.2) is 0 Å². The summed E-state index contributed by atoms with van der Waals surface area (Å²) in [5.41, 5.74) is 8.27. The second-order valence-corrected chi connectivity index (χ2v) is 5.31. The molecule has 1 saturated heterocycles. The number of benzene rings is 1. The van der Waals surface area contributed by atoms with Crippen molar-refractivity contribution in [2.45, 2.75) is 45.2 Å². The van der Waals surface area contributed by atoms with Crippen molar-refractivity contribution in [3.8, 4) is 0 Å². The summed E-state index contributed by atoms with van der Waals surface area (Å²) in [4.78, 5) is 14.0. The molecule has 1 amide bonds. The van der Waals surface area contributed by atoms with Crippen molar-refractivity contribution in [2.24, 2.45) is 5.73 Å². The molecule has 1 aliphatic rings. The summed E-state index contributed by atoms with van der Waals surface area (Å²) in [6.45, 7) is 4.71. The van der Waals surface area contributed by atoms with Crippen LogP contribution in [0.5, 0.6) is 0 Å². The van der Waals surface area contributed by atoms with Gasteiger partial charge in [0.2, 0.25) is 5.91 Å². The number of carbonyl (C=O) groups is 1. The van der Waals surface area contributed by atoms with E-state index in [4.69, 9.17) is 5.73 Å². The number of aryl methyl sites for hydroxylation is 1. The third kappa shape index (κ3) is 3.95. The zero-order valence-electron chi connectivity index (χ0n) is 11.6. The van der Waals surface area contributed by atoms with Gasteiger partial charge in [0, 0.05) is 12.6 Å². The summed E-state index contributed by atoms with van der Waals surface area (Å²) < 4.78 is 0. The molecule has 0 bridgehead atoms. The Kier molecular flexibility index (Phi) is 5.83. The van der Waals surface area contributed by atoms with E-state index < -0.39 is 0 Å². The summed E-state index contributed by atoms with van der Waals surface area (Å²) in [5, 5.41) is 0. The van der Waals surface area contributed by atoms with Crippen molar-refractivity contribution in [2.75, 3.05) is 6.54 Å². The monoisotopic (exact) mass is 282 g/mol. The van der Waals surface area contributed by atoms with Crippen LogP contribution in [0.25, 0.3) is 0 Å². The predicted octanol–water partition coefficient (Wildman–Crippen LogP) is 2.30. The molecular formula is C15H23ClN2O. The maximum absolute atomic E-state index is 12.0. The van der Waals surface area contributed by atoms with Gasteiger partial charge in [-0.25, -0.2) is 0 Å². The van der Waals surface area contributed by atoms with Crippen LogP contribution in [0.15, 0.2) is 24.3 Å². The van der Waals surface area contributed by atoms with Gasteiger partial charge >= 0.3 is 0 Å². The number of amides is 1. The highest BCUT2D eigenvalue weighted by molar-refractivity contribution is 5.85. The van der Waals surface area contributed by atoms with E-state index in [9.17, 15) is 4.79 Å². The molecule has 0 radical (unpaired) electrons. The Morgan fingerprint density at radius 1 is 1.42 bits per heavy atom. The number of hydrogen-bond acceptors (Lipinski definition) is 2. The van der Waals surface area contributed by atoms with Gasteiger partial charge in [-0.1, -0.05) is 29.8 Å². The fourth-order valence-electron chi connectivity index (χ4n) is 2.60. The number of rotatable bonds is 3. The van der Waals surface area contributed by atoms with E-state index in [0.717, 1.165) is 25.8 Å². The van der Waals surface area contributed by atoms with Crippen LogP contribution < -0.4 is 5.73 Å². The SMILES string of the molecule is Cc1ccc(CC2CCCN2C(=O)[C@@H](C)N)cc1.Cl. The number of carbonyl (C=O) groups excluding carboxylic acids is 1. The number of likely N-dealkylation sites (tertiary alicyclic amines) is 1. The molecule has 0 aliphatic carbocycles. The van der Waals surface area contributed by atoms with Crippen LogP contribution in [-0.4, -0.2) is 29.4 Å². The number of nitrogens with two attached hydrogens (primary N) is 1. The summed E-state index contributed by atoms with van der Waals surface area (Å²) in [7, 11) is 0. The third-order valence-electron chi connectivity index (χ3n) is 3.64. The lowest BCUT2D eigenvalue weighted by molar-refractivity contribution is -0.132. The minimum Gasteiger partial charge on any atom is -0.338 e. The molecule has 0 aromatic heterocycles. The fourth-order valence-corrected chi connectivity index (χ4v) is 2.60. The van der Waals surface area contributed by atoms with Crippen LogP contribution in [0, 0.1) is 6.92 Å². The van der Waals surface area contributed by atoms with Crippen molar-refractivity contribution in [1.29, 1.82) is 0 Å². The first-order valence-electron chi connectivity index (χ1n) is 6.69. The molecule has 1 fully saturated rings. The average Bonchev–Trinajstić information content (AvgIpc) is 2.79. The molecule has 0 spiro atoms. The van der Waals surface area contributed by atoms with E-state index in [2.05, 4.69) is 31.2 Å². The number of nitrogens with zero attached hydrogens (tertiary/aromatic N) is 1. The Bertz CT molecular complexity index is 417. The Labute approximate surface area is 121 Å². The third-order valence-corrected chi connectivity index (χ3v) is 3.64. The van der Waals surface area contributed by atoms with Crippen LogP contribution in [0.3, 0.4) is 0 Å². The van der Waals surface area contributed by atoms with E-state index >= 15 is 0 Å². The molecule has 1 unspecified atom stereocenters. The van der Waals surface area contributed by atoms with Crippen molar-refractivity contribution in [1.82, 2.24) is 4.90 Å². The minimum absolute atomic E-state index is 0. The number of halogens is 1. The second kappa shape index (κ2) is 6.92. The van der Waals surface area contributed by atoms with Crippen molar-refractivity contribution in [3.05, 3.63) is 35.4 Å². The highest BCUT2D eigenvalue weighted by atomic mass is 35.5. The quantitative estimate of drug-likeness (QED) is 0.925. The molecule has 1 aromatic rings. The van der Waals surface area contributed by atoms with Gasteiger partial charge in [0.25, 0.3) is 0 Å². The van der Waals surface area contributed by atoms with Crippen molar-refractivity contribution < 1.29 is 4.79 Å². The molecule has 0 saturated carbocycles. The van der Waals surface area contributed by atoms with E-state index in [1.54, 1.807) is 6.92 Å². The van der Waals surface area contributed by atoms with E-state index in [0.29, 0.717) is 6.04 Å². The normalized spacial score (nSPS) is 19.9. The first kappa shape index (κ1) is 16.0. The molecule has 1 aliphatic heterocycles. The summed E-state index contributed by atoms with van der Waals surface area (Å²) in [5.74, 6) is 0.0876. The molecule has 106 valence electrons. The first-order chi connectivity index (χ1) is 8.58. The molecule has 2 N–H and O–H groups in total. The topological polar surface area (TPSA) is 46.3 Å². The molecule has 19 heavy (non-hydrogen) atoms. The molecule has 4 heteroatoms. The lowest BCUT2D eigenvalue weighted by Crippen LogP contribution is -2.45. The van der Waals surface area contributed by atoms with Gasteiger partial charge in [-0.2, -0.15) is 0 Å². The first-order valence-corrected chi connectivity index (χ1v) is 6.69. The minimum atomic E-state index is -0.386. The highest BCUT2D eigenvalue weighted by Crippen LogP contribution is 2.22. The summed E-state index contributed by atoms with van der Waals surface area (Å²) >= 11 is 0. The second-order valence-electron chi connectivity index (χ2n) is 5.31. The molecule has 2 atom stereocenters. The Hall–Kier alpha value is -1.06. The van der Waals surface area contributed by atoms with Gasteiger partial charge in [-0.15, -0.1) is 12.4 Å². The fraction of sp³-hybridized carbons (Fsp3) is 0.533. The van der Waals surface area contributed by atoms with Gasteiger partial charge in [0.1, 0.15) is 0 Å². The van der Waals surface area contributed by atoms with Crippen LogP contribution in [0.1, 0.15) is 30.9 Å². The Balaban J connectivity index is 0.00000180. The maximum atomic E-state index is 12.0.